The quantitative estimate of drug-likeness (QED) is 0.719. The summed E-state index contributed by atoms with van der Waals surface area (Å²) in [6, 6.07) is -0.0915. The van der Waals surface area contributed by atoms with Gasteiger partial charge in [-0.1, -0.05) is 11.6 Å². The smallest absolute Gasteiger partial charge is 0.151 e. The van der Waals surface area contributed by atoms with Gasteiger partial charge < -0.3 is 9.69 Å². The van der Waals surface area contributed by atoms with Gasteiger partial charge in [0.25, 0.3) is 0 Å². The molecule has 2 heterocycles. The molecule has 1 fully saturated rings. The first kappa shape index (κ1) is 10.4. The molecule has 2 rings (SSSR count). The van der Waals surface area contributed by atoms with Crippen LogP contribution in [-0.4, -0.2) is 28.8 Å². The van der Waals surface area contributed by atoms with Crippen molar-refractivity contribution in [3.05, 3.63) is 17.5 Å². The van der Waals surface area contributed by atoms with E-state index in [4.69, 9.17) is 11.6 Å². The summed E-state index contributed by atoms with van der Waals surface area (Å²) in [4.78, 5) is 20.8. The van der Waals surface area contributed by atoms with E-state index in [1.54, 1.807) is 6.20 Å². The number of carbonyl (C=O) groups is 1. The zero-order chi connectivity index (χ0) is 10.7. The predicted molar refractivity (Wildman–Crippen MR) is 58.1 cm³/mol. The molecule has 0 bridgehead atoms. The first-order valence-corrected chi connectivity index (χ1v) is 5.38. The minimum Gasteiger partial charge on any atom is -0.346 e. The Balaban J connectivity index is 2.28. The normalized spacial score (nSPS) is 21.4. The molecular formula is C10H12ClN3O. The first-order valence-electron chi connectivity index (χ1n) is 5.00. The van der Waals surface area contributed by atoms with Crippen LogP contribution in [0.4, 0.5) is 5.82 Å². The van der Waals surface area contributed by atoms with E-state index in [1.165, 1.54) is 6.33 Å². The summed E-state index contributed by atoms with van der Waals surface area (Å²) in [6.45, 7) is 0.833. The van der Waals surface area contributed by atoms with Crippen LogP contribution >= 0.6 is 11.6 Å². The average molecular weight is 226 g/mol. The molecule has 15 heavy (non-hydrogen) atoms. The molecule has 1 aromatic heterocycles. The summed E-state index contributed by atoms with van der Waals surface area (Å²) in [5, 5.41) is 0.506. The molecule has 5 heteroatoms. The fraction of sp³-hybridized carbons (Fsp3) is 0.500. The van der Waals surface area contributed by atoms with Crippen LogP contribution in [0.5, 0.6) is 0 Å². The van der Waals surface area contributed by atoms with Crippen LogP contribution in [0.3, 0.4) is 0 Å². The molecule has 1 atom stereocenters. The van der Waals surface area contributed by atoms with Crippen molar-refractivity contribution in [2.24, 2.45) is 0 Å². The van der Waals surface area contributed by atoms with E-state index in [0.29, 0.717) is 10.8 Å². The number of rotatable bonds is 2. The van der Waals surface area contributed by atoms with E-state index in [1.807, 2.05) is 4.90 Å². The maximum Gasteiger partial charge on any atom is 0.151 e. The highest BCUT2D eigenvalue weighted by Gasteiger charge is 2.24. The molecule has 0 spiro atoms. The summed E-state index contributed by atoms with van der Waals surface area (Å²) >= 11 is 6.00. The number of anilines is 1. The zero-order valence-electron chi connectivity index (χ0n) is 8.27. The lowest BCUT2D eigenvalue weighted by Crippen LogP contribution is -2.41. The minimum absolute atomic E-state index is 0.0915. The van der Waals surface area contributed by atoms with E-state index in [0.717, 1.165) is 32.1 Å². The molecule has 0 radical (unpaired) electrons. The lowest BCUT2D eigenvalue weighted by Gasteiger charge is -2.33. The second-order valence-corrected chi connectivity index (χ2v) is 3.99. The van der Waals surface area contributed by atoms with Crippen molar-refractivity contribution < 1.29 is 4.79 Å². The topological polar surface area (TPSA) is 46.1 Å². The van der Waals surface area contributed by atoms with Crippen molar-refractivity contribution in [1.29, 1.82) is 0 Å². The fourth-order valence-corrected chi connectivity index (χ4v) is 2.09. The van der Waals surface area contributed by atoms with Crippen LogP contribution in [-0.2, 0) is 4.79 Å². The molecule has 0 amide bonds. The Labute approximate surface area is 93.3 Å². The molecule has 0 aromatic carbocycles. The molecule has 1 saturated heterocycles. The molecule has 0 aliphatic carbocycles. The predicted octanol–water partition coefficient (Wildman–Crippen LogP) is 1.69. The summed E-state index contributed by atoms with van der Waals surface area (Å²) in [7, 11) is 0. The van der Waals surface area contributed by atoms with Crippen LogP contribution in [0.1, 0.15) is 19.3 Å². The molecule has 1 aliphatic rings. The number of piperidine rings is 1. The van der Waals surface area contributed by atoms with Gasteiger partial charge in [-0.3, -0.25) is 0 Å². The molecular weight excluding hydrogens is 214 g/mol. The van der Waals surface area contributed by atoms with Crippen molar-refractivity contribution in [3.8, 4) is 0 Å². The second-order valence-electron chi connectivity index (χ2n) is 3.59. The Morgan fingerprint density at radius 1 is 1.53 bits per heavy atom. The lowest BCUT2D eigenvalue weighted by molar-refractivity contribution is -0.109. The molecule has 1 aliphatic heterocycles. The second kappa shape index (κ2) is 4.57. The Morgan fingerprint density at radius 2 is 2.40 bits per heavy atom. The molecule has 1 aromatic rings. The monoisotopic (exact) mass is 225 g/mol. The molecule has 4 nitrogen and oxygen atoms in total. The van der Waals surface area contributed by atoms with Crippen molar-refractivity contribution in [2.45, 2.75) is 25.3 Å². The number of carbonyl (C=O) groups excluding carboxylic acids is 1. The van der Waals surface area contributed by atoms with Gasteiger partial charge in [0, 0.05) is 6.54 Å². The van der Waals surface area contributed by atoms with Crippen LogP contribution < -0.4 is 4.90 Å². The third-order valence-corrected chi connectivity index (χ3v) is 2.89. The third kappa shape index (κ3) is 2.09. The van der Waals surface area contributed by atoms with E-state index < -0.39 is 0 Å². The van der Waals surface area contributed by atoms with Gasteiger partial charge in [0.1, 0.15) is 17.6 Å². The fourth-order valence-electron chi connectivity index (χ4n) is 1.88. The summed E-state index contributed by atoms with van der Waals surface area (Å²) in [6.07, 6.45) is 7.02. The lowest BCUT2D eigenvalue weighted by atomic mass is 10.0. The maximum atomic E-state index is 10.9. The van der Waals surface area contributed by atoms with Gasteiger partial charge in [0.05, 0.1) is 12.2 Å². The van der Waals surface area contributed by atoms with Gasteiger partial charge in [-0.2, -0.15) is 0 Å². The third-order valence-electron chi connectivity index (χ3n) is 2.63. The van der Waals surface area contributed by atoms with Gasteiger partial charge in [0.2, 0.25) is 0 Å². The van der Waals surface area contributed by atoms with Crippen molar-refractivity contribution in [1.82, 2.24) is 9.97 Å². The van der Waals surface area contributed by atoms with Crippen LogP contribution in [0.2, 0.25) is 5.02 Å². The number of nitrogens with zero attached hydrogens (tertiary/aromatic N) is 3. The zero-order valence-corrected chi connectivity index (χ0v) is 9.02. The number of aldehydes is 1. The van der Waals surface area contributed by atoms with Gasteiger partial charge in [-0.25, -0.2) is 9.97 Å². The number of halogens is 1. The van der Waals surface area contributed by atoms with Gasteiger partial charge in [-0.15, -0.1) is 0 Å². The first-order chi connectivity index (χ1) is 7.33. The van der Waals surface area contributed by atoms with Crippen LogP contribution in [0, 0.1) is 0 Å². The maximum absolute atomic E-state index is 10.9. The molecule has 1 unspecified atom stereocenters. The largest absolute Gasteiger partial charge is 0.346 e. The highest BCUT2D eigenvalue weighted by molar-refractivity contribution is 6.32. The van der Waals surface area contributed by atoms with Crippen molar-refractivity contribution in [3.63, 3.8) is 0 Å². The highest BCUT2D eigenvalue weighted by atomic mass is 35.5. The summed E-state index contributed by atoms with van der Waals surface area (Å²) in [5.74, 6) is 0.670. The summed E-state index contributed by atoms with van der Waals surface area (Å²) in [5.41, 5.74) is 0. The average Bonchev–Trinajstić information content (AvgIpc) is 2.30. The van der Waals surface area contributed by atoms with E-state index in [2.05, 4.69) is 9.97 Å². The Bertz CT molecular complexity index is 358. The van der Waals surface area contributed by atoms with E-state index >= 15 is 0 Å². The summed E-state index contributed by atoms with van der Waals surface area (Å²) < 4.78 is 0. The number of hydrogen-bond acceptors (Lipinski definition) is 4. The molecule has 80 valence electrons. The number of hydrogen-bond donors (Lipinski definition) is 0. The van der Waals surface area contributed by atoms with Gasteiger partial charge in [0.15, 0.2) is 5.82 Å². The van der Waals surface area contributed by atoms with Crippen molar-refractivity contribution >= 4 is 23.7 Å². The highest BCUT2D eigenvalue weighted by Crippen LogP contribution is 2.27. The van der Waals surface area contributed by atoms with Crippen LogP contribution in [0.15, 0.2) is 12.5 Å². The number of aromatic nitrogens is 2. The molecule has 0 N–H and O–H groups in total. The Hall–Kier alpha value is -1.16. The minimum atomic E-state index is -0.0915. The molecule has 0 saturated carbocycles. The standard InChI is InChI=1S/C10H12ClN3O/c11-9-5-12-7-13-10(9)14-4-2-1-3-8(14)6-15/h5-8H,1-4H2. The van der Waals surface area contributed by atoms with Crippen LogP contribution in [0.25, 0.3) is 0 Å². The van der Waals surface area contributed by atoms with E-state index in [9.17, 15) is 4.79 Å². The van der Waals surface area contributed by atoms with Crippen molar-refractivity contribution in [2.75, 3.05) is 11.4 Å². The SMILES string of the molecule is O=CC1CCCCN1c1ncncc1Cl. The van der Waals surface area contributed by atoms with E-state index in [-0.39, 0.29) is 6.04 Å². The Morgan fingerprint density at radius 3 is 3.13 bits per heavy atom. The Kier molecular flexibility index (Phi) is 3.16. The van der Waals surface area contributed by atoms with Gasteiger partial charge in [-0.05, 0) is 19.3 Å². The van der Waals surface area contributed by atoms with Gasteiger partial charge >= 0.3 is 0 Å².